The number of rotatable bonds is 12. The third-order valence-electron chi connectivity index (χ3n) is 3.13. The van der Waals surface area contributed by atoms with Crippen molar-refractivity contribution in [2.45, 2.75) is 84.5 Å². The van der Waals surface area contributed by atoms with Crippen molar-refractivity contribution in [2.24, 2.45) is 0 Å². The van der Waals surface area contributed by atoms with E-state index in [0.717, 1.165) is 6.42 Å². The monoisotopic (exact) mass is 334 g/mol. The minimum absolute atomic E-state index is 0. The van der Waals surface area contributed by atoms with Crippen LogP contribution in [-0.4, -0.2) is 30.4 Å². The van der Waals surface area contributed by atoms with Gasteiger partial charge in [0.1, 0.15) is 0 Å². The van der Waals surface area contributed by atoms with E-state index in [1.54, 1.807) is 0 Å². The predicted molar refractivity (Wildman–Crippen MR) is 86.7 cm³/mol. The maximum Gasteiger partial charge on any atom is 1.00 e. The van der Waals surface area contributed by atoms with Crippen molar-refractivity contribution in [1.29, 1.82) is 0 Å². The van der Waals surface area contributed by atoms with Gasteiger partial charge in [-0.05, 0) is 13.3 Å². The first kappa shape index (κ1) is 26.8. The fraction of sp³-hybridized carbons (Fsp3) is 1.00. The predicted octanol–water partition coefficient (Wildman–Crippen LogP) is 1.30. The molecule has 0 aliphatic carbocycles. The van der Waals surface area contributed by atoms with Crippen molar-refractivity contribution < 1.29 is 49.1 Å². The number of unbranched alkanes of at least 4 members (excludes halogenated alkanes) is 10. The molecule has 6 heteroatoms. The average Bonchev–Trinajstić information content (AvgIpc) is 2.41. The Morgan fingerprint density at radius 3 is 1.29 bits per heavy atom. The van der Waals surface area contributed by atoms with E-state index in [1.807, 2.05) is 0 Å². The van der Waals surface area contributed by atoms with Crippen LogP contribution in [-0.2, 0) is 10.1 Å². The van der Waals surface area contributed by atoms with E-state index >= 15 is 0 Å². The van der Waals surface area contributed by atoms with Gasteiger partial charge in [-0.2, -0.15) is 8.42 Å². The summed E-state index contributed by atoms with van der Waals surface area (Å²) in [5.74, 6) is -0.201. The molecule has 0 aromatic carbocycles. The van der Waals surface area contributed by atoms with E-state index in [0.29, 0.717) is 6.61 Å². The maximum absolute atomic E-state index is 9.56. The molecular formula is C15H35NaO4S. The van der Waals surface area contributed by atoms with Gasteiger partial charge >= 0.3 is 29.6 Å². The van der Waals surface area contributed by atoms with E-state index in [9.17, 15) is 8.42 Å². The molecule has 0 amide bonds. The van der Waals surface area contributed by atoms with Crippen molar-refractivity contribution in [3.05, 3.63) is 0 Å². The Bertz CT molecular complexity index is 263. The molecule has 0 radical (unpaired) electrons. The van der Waals surface area contributed by atoms with Crippen molar-refractivity contribution in [2.75, 3.05) is 12.4 Å². The van der Waals surface area contributed by atoms with Gasteiger partial charge in [-0.1, -0.05) is 71.1 Å². The minimum Gasteiger partial charge on any atom is -1.00 e. The van der Waals surface area contributed by atoms with Crippen LogP contribution in [0.5, 0.6) is 0 Å². The van der Waals surface area contributed by atoms with Crippen LogP contribution in [0.1, 0.15) is 85.9 Å². The van der Waals surface area contributed by atoms with Gasteiger partial charge in [-0.3, -0.25) is 4.55 Å². The Kier molecular flexibility index (Phi) is 26.6. The van der Waals surface area contributed by atoms with E-state index in [1.165, 1.54) is 71.1 Å². The van der Waals surface area contributed by atoms with E-state index in [2.05, 4.69) is 6.92 Å². The summed E-state index contributed by atoms with van der Waals surface area (Å²) >= 11 is 0. The summed E-state index contributed by atoms with van der Waals surface area (Å²) in [7, 11) is -3.66. The van der Waals surface area contributed by atoms with Gasteiger partial charge in [0.05, 0.1) is 5.75 Å². The third-order valence-corrected chi connectivity index (χ3v) is 3.86. The molecule has 0 aromatic heterocycles. The van der Waals surface area contributed by atoms with Gasteiger partial charge in [0.15, 0.2) is 0 Å². The average molecular weight is 334 g/mol. The summed E-state index contributed by atoms with van der Waals surface area (Å²) in [5, 5.41) is 8.59. The van der Waals surface area contributed by atoms with E-state index < -0.39 is 10.1 Å². The standard InChI is InChI=1S/C13H28O.C2H6O3S.Na.H/c1-2-3-4-5-6-7-8-9-10-11-12-13-14;1-2-6(3,4)5;;/h14H,2-13H2,1H3;2H2,1H3,(H,3,4,5);;/q;;+1;-1. The summed E-state index contributed by atoms with van der Waals surface area (Å²) in [5.41, 5.74) is 0. The quantitative estimate of drug-likeness (QED) is 0.320. The van der Waals surface area contributed by atoms with Crippen molar-refractivity contribution >= 4 is 10.1 Å². The molecule has 0 aromatic rings. The molecular weight excluding hydrogens is 299 g/mol. The maximum atomic E-state index is 9.56. The molecule has 0 saturated carbocycles. The number of hydrogen-bond donors (Lipinski definition) is 2. The van der Waals surface area contributed by atoms with Crippen LogP contribution in [0.15, 0.2) is 0 Å². The third kappa shape index (κ3) is 33.6. The van der Waals surface area contributed by atoms with Crippen LogP contribution in [0, 0.1) is 0 Å². The molecule has 4 nitrogen and oxygen atoms in total. The topological polar surface area (TPSA) is 74.6 Å². The minimum atomic E-state index is -3.66. The Morgan fingerprint density at radius 2 is 1.05 bits per heavy atom. The smallest absolute Gasteiger partial charge is 1.00 e. The van der Waals surface area contributed by atoms with Gasteiger partial charge in [-0.15, -0.1) is 0 Å². The molecule has 2 N–H and O–H groups in total. The van der Waals surface area contributed by atoms with Crippen molar-refractivity contribution in [1.82, 2.24) is 0 Å². The first-order valence-electron chi connectivity index (χ1n) is 8.04. The van der Waals surface area contributed by atoms with Crippen LogP contribution in [0.2, 0.25) is 0 Å². The van der Waals surface area contributed by atoms with Gasteiger partial charge < -0.3 is 6.53 Å². The number of aliphatic hydroxyl groups excluding tert-OH is 1. The zero-order valence-electron chi connectivity index (χ0n) is 15.3. The van der Waals surface area contributed by atoms with Crippen LogP contribution in [0.4, 0.5) is 0 Å². The summed E-state index contributed by atoms with van der Waals surface area (Å²) in [6, 6.07) is 0. The second-order valence-corrected chi connectivity index (χ2v) is 6.87. The van der Waals surface area contributed by atoms with Gasteiger partial charge in [0.25, 0.3) is 10.1 Å². The van der Waals surface area contributed by atoms with E-state index in [4.69, 9.17) is 9.66 Å². The molecule has 0 unspecified atom stereocenters. The zero-order chi connectivity index (χ0) is 15.7. The molecule has 126 valence electrons. The first-order chi connectivity index (χ1) is 9.47. The molecule has 0 fully saturated rings. The number of aliphatic hydroxyl groups is 1. The Hall–Kier alpha value is 0.870. The zero-order valence-corrected chi connectivity index (χ0v) is 17.1. The molecule has 0 aliphatic heterocycles. The molecule has 0 spiro atoms. The first-order valence-corrected chi connectivity index (χ1v) is 9.64. The summed E-state index contributed by atoms with van der Waals surface area (Å²) in [4.78, 5) is 0. The molecule has 0 aliphatic rings. The fourth-order valence-corrected chi connectivity index (χ4v) is 1.78. The molecule has 0 rings (SSSR count). The molecule has 0 bridgehead atoms. The number of hydrogen-bond acceptors (Lipinski definition) is 3. The van der Waals surface area contributed by atoms with E-state index in [-0.39, 0.29) is 36.7 Å². The fourth-order valence-electron chi connectivity index (χ4n) is 1.78. The Morgan fingerprint density at radius 1 is 0.762 bits per heavy atom. The van der Waals surface area contributed by atoms with Gasteiger partial charge in [0.2, 0.25) is 0 Å². The normalized spacial score (nSPS) is 10.5. The van der Waals surface area contributed by atoms with Crippen molar-refractivity contribution in [3.63, 3.8) is 0 Å². The second-order valence-electron chi connectivity index (χ2n) is 5.13. The summed E-state index contributed by atoms with van der Waals surface area (Å²) in [6.07, 6.45) is 14.8. The van der Waals surface area contributed by atoms with Crippen LogP contribution < -0.4 is 29.6 Å². The second kappa shape index (κ2) is 20.9. The SMILES string of the molecule is CCCCCCCCCCCCCO.CCS(=O)(=O)O.[H-].[Na+]. The summed E-state index contributed by atoms with van der Waals surface area (Å²) in [6.45, 7) is 4.01. The Balaban J connectivity index is -0.000000174. The largest absolute Gasteiger partial charge is 1.00 e. The van der Waals surface area contributed by atoms with Gasteiger partial charge in [-0.25, -0.2) is 0 Å². The Labute approximate surface area is 155 Å². The van der Waals surface area contributed by atoms with Crippen LogP contribution >= 0.6 is 0 Å². The summed E-state index contributed by atoms with van der Waals surface area (Å²) < 4.78 is 26.9. The molecule has 21 heavy (non-hydrogen) atoms. The van der Waals surface area contributed by atoms with Crippen LogP contribution in [0.3, 0.4) is 0 Å². The van der Waals surface area contributed by atoms with Gasteiger partial charge in [0, 0.05) is 6.61 Å². The molecule has 0 saturated heterocycles. The molecule has 0 heterocycles. The van der Waals surface area contributed by atoms with Crippen LogP contribution in [0.25, 0.3) is 0 Å². The molecule has 0 atom stereocenters. The van der Waals surface area contributed by atoms with Crippen molar-refractivity contribution in [3.8, 4) is 0 Å².